The van der Waals surface area contributed by atoms with Crippen LogP contribution in [0.5, 0.6) is 11.5 Å². The van der Waals surface area contributed by atoms with Crippen molar-refractivity contribution in [3.8, 4) is 11.5 Å². The summed E-state index contributed by atoms with van der Waals surface area (Å²) < 4.78 is 10.7. The molecule has 108 valence electrons. The van der Waals surface area contributed by atoms with Crippen molar-refractivity contribution in [2.45, 2.75) is 25.5 Å². The highest BCUT2D eigenvalue weighted by molar-refractivity contribution is 5.39. The van der Waals surface area contributed by atoms with Gasteiger partial charge in [-0.05, 0) is 25.5 Å². The number of para-hydroxylation sites is 2. The Bertz CT molecular complexity index is 359. The summed E-state index contributed by atoms with van der Waals surface area (Å²) in [6, 6.07) is 7.49. The Labute approximate surface area is 114 Å². The van der Waals surface area contributed by atoms with Gasteiger partial charge in [0.15, 0.2) is 11.5 Å². The molecule has 19 heavy (non-hydrogen) atoms. The largest absolute Gasteiger partial charge is 0.493 e. The fourth-order valence-corrected chi connectivity index (χ4v) is 1.62. The quantitative estimate of drug-likeness (QED) is 0.618. The van der Waals surface area contributed by atoms with Gasteiger partial charge in [-0.3, -0.25) is 0 Å². The van der Waals surface area contributed by atoms with Gasteiger partial charge in [0, 0.05) is 19.2 Å². The van der Waals surface area contributed by atoms with Gasteiger partial charge in [0.05, 0.1) is 7.11 Å². The molecule has 0 aliphatic heterocycles. The van der Waals surface area contributed by atoms with Gasteiger partial charge in [-0.15, -0.1) is 0 Å². The van der Waals surface area contributed by atoms with Crippen molar-refractivity contribution in [3.63, 3.8) is 0 Å². The number of nitrogens with one attached hydrogen (secondary N) is 1. The molecular weight excluding hydrogens is 246 g/mol. The summed E-state index contributed by atoms with van der Waals surface area (Å²) in [5, 5.41) is 21.7. The maximum absolute atomic E-state index is 9.80. The molecule has 0 radical (unpaired) electrons. The zero-order chi connectivity index (χ0) is 14.1. The molecule has 0 fully saturated rings. The van der Waals surface area contributed by atoms with Crippen LogP contribution in [0.4, 0.5) is 0 Å². The molecule has 0 aliphatic carbocycles. The molecule has 0 aliphatic rings. The summed E-state index contributed by atoms with van der Waals surface area (Å²) >= 11 is 0. The van der Waals surface area contributed by atoms with Crippen LogP contribution in [0.1, 0.15) is 13.3 Å². The van der Waals surface area contributed by atoms with Crippen LogP contribution in [0.25, 0.3) is 0 Å². The number of aliphatic hydroxyl groups excluding tert-OH is 2. The average Bonchev–Trinajstić information content (AvgIpc) is 2.43. The molecule has 0 saturated carbocycles. The lowest BCUT2D eigenvalue weighted by Crippen LogP contribution is -2.37. The summed E-state index contributed by atoms with van der Waals surface area (Å²) in [6.45, 7) is 2.72. The Balaban J connectivity index is 2.31. The van der Waals surface area contributed by atoms with Crippen LogP contribution in [0.15, 0.2) is 24.3 Å². The molecule has 3 N–H and O–H groups in total. The number of ether oxygens (including phenoxy) is 2. The SMILES string of the molecule is COc1ccccc1OCC(O)CNC(C)CCO. The summed E-state index contributed by atoms with van der Waals surface area (Å²) in [5.74, 6) is 1.27. The summed E-state index contributed by atoms with van der Waals surface area (Å²) in [7, 11) is 1.58. The Hall–Kier alpha value is -1.30. The average molecular weight is 269 g/mol. The first kappa shape index (κ1) is 15.8. The lowest BCUT2D eigenvalue weighted by atomic mass is 10.2. The van der Waals surface area contributed by atoms with Crippen LogP contribution in [0.3, 0.4) is 0 Å². The minimum atomic E-state index is -0.606. The van der Waals surface area contributed by atoms with E-state index in [4.69, 9.17) is 14.6 Å². The predicted molar refractivity (Wildman–Crippen MR) is 73.7 cm³/mol. The van der Waals surface area contributed by atoms with Crippen LogP contribution in [-0.2, 0) is 0 Å². The van der Waals surface area contributed by atoms with Gasteiger partial charge in [0.2, 0.25) is 0 Å². The molecule has 0 heterocycles. The van der Waals surface area contributed by atoms with Gasteiger partial charge in [-0.2, -0.15) is 0 Å². The second-order valence-corrected chi connectivity index (χ2v) is 4.44. The van der Waals surface area contributed by atoms with Gasteiger partial charge < -0.3 is 25.0 Å². The van der Waals surface area contributed by atoms with E-state index in [1.807, 2.05) is 25.1 Å². The molecule has 0 bridgehead atoms. The molecule has 1 rings (SSSR count). The van der Waals surface area contributed by atoms with Crippen molar-refractivity contribution in [3.05, 3.63) is 24.3 Å². The summed E-state index contributed by atoms with van der Waals surface area (Å²) in [4.78, 5) is 0. The third-order valence-corrected chi connectivity index (χ3v) is 2.76. The molecule has 1 aromatic rings. The second-order valence-electron chi connectivity index (χ2n) is 4.44. The predicted octanol–water partition coefficient (Wildman–Crippen LogP) is 0.795. The topological polar surface area (TPSA) is 71.0 Å². The lowest BCUT2D eigenvalue weighted by Gasteiger charge is -2.17. The molecule has 2 unspecified atom stereocenters. The summed E-state index contributed by atoms with van der Waals surface area (Å²) in [6.07, 6.45) is 0.0612. The highest BCUT2D eigenvalue weighted by Gasteiger charge is 2.09. The Morgan fingerprint density at radius 1 is 1.26 bits per heavy atom. The minimum Gasteiger partial charge on any atom is -0.493 e. The monoisotopic (exact) mass is 269 g/mol. The zero-order valence-electron chi connectivity index (χ0n) is 11.5. The van der Waals surface area contributed by atoms with Gasteiger partial charge in [-0.25, -0.2) is 0 Å². The zero-order valence-corrected chi connectivity index (χ0v) is 11.5. The van der Waals surface area contributed by atoms with Gasteiger partial charge in [-0.1, -0.05) is 12.1 Å². The van der Waals surface area contributed by atoms with E-state index in [-0.39, 0.29) is 19.3 Å². The highest BCUT2D eigenvalue weighted by atomic mass is 16.5. The first-order valence-corrected chi connectivity index (χ1v) is 6.45. The first-order chi connectivity index (χ1) is 9.17. The lowest BCUT2D eigenvalue weighted by molar-refractivity contribution is 0.101. The summed E-state index contributed by atoms with van der Waals surface area (Å²) in [5.41, 5.74) is 0. The van der Waals surface area contributed by atoms with E-state index < -0.39 is 6.10 Å². The molecular formula is C14H23NO4. The molecule has 0 amide bonds. The second kappa shape index (κ2) is 8.74. The first-order valence-electron chi connectivity index (χ1n) is 6.45. The van der Waals surface area contributed by atoms with Crippen molar-refractivity contribution in [2.24, 2.45) is 0 Å². The number of methoxy groups -OCH3 is 1. The van der Waals surface area contributed by atoms with Gasteiger partial charge in [0.1, 0.15) is 12.7 Å². The Morgan fingerprint density at radius 3 is 2.58 bits per heavy atom. The normalized spacial score (nSPS) is 13.9. The van der Waals surface area contributed by atoms with Gasteiger partial charge >= 0.3 is 0 Å². The van der Waals surface area contributed by atoms with E-state index in [9.17, 15) is 5.11 Å². The van der Waals surface area contributed by atoms with Gasteiger partial charge in [0.25, 0.3) is 0 Å². The van der Waals surface area contributed by atoms with E-state index in [2.05, 4.69) is 5.32 Å². The minimum absolute atomic E-state index is 0.141. The molecule has 5 nitrogen and oxygen atoms in total. The van der Waals surface area contributed by atoms with Crippen LogP contribution in [0.2, 0.25) is 0 Å². The number of hydrogen-bond donors (Lipinski definition) is 3. The Morgan fingerprint density at radius 2 is 1.95 bits per heavy atom. The van der Waals surface area contributed by atoms with Crippen molar-refractivity contribution >= 4 is 0 Å². The molecule has 2 atom stereocenters. The third kappa shape index (κ3) is 5.92. The molecule has 1 aromatic carbocycles. The number of hydrogen-bond acceptors (Lipinski definition) is 5. The van der Waals surface area contributed by atoms with E-state index in [1.165, 1.54) is 0 Å². The van der Waals surface area contributed by atoms with Crippen molar-refractivity contribution in [1.82, 2.24) is 5.32 Å². The van der Waals surface area contributed by atoms with Crippen LogP contribution in [-0.4, -0.2) is 49.2 Å². The number of aliphatic hydroxyl groups is 2. The van der Waals surface area contributed by atoms with Crippen LogP contribution in [0, 0.1) is 0 Å². The fourth-order valence-electron chi connectivity index (χ4n) is 1.62. The highest BCUT2D eigenvalue weighted by Crippen LogP contribution is 2.25. The molecule has 0 spiro atoms. The maximum Gasteiger partial charge on any atom is 0.161 e. The smallest absolute Gasteiger partial charge is 0.161 e. The number of benzene rings is 1. The molecule has 5 heteroatoms. The van der Waals surface area contributed by atoms with Crippen LogP contribution >= 0.6 is 0 Å². The fraction of sp³-hybridized carbons (Fsp3) is 0.571. The van der Waals surface area contributed by atoms with Crippen molar-refractivity contribution < 1.29 is 19.7 Å². The maximum atomic E-state index is 9.80. The van der Waals surface area contributed by atoms with E-state index >= 15 is 0 Å². The molecule has 0 saturated heterocycles. The molecule has 0 aromatic heterocycles. The van der Waals surface area contributed by atoms with E-state index in [1.54, 1.807) is 13.2 Å². The van der Waals surface area contributed by atoms with E-state index in [0.717, 1.165) is 0 Å². The standard InChI is InChI=1S/C14H23NO4/c1-11(7-8-16)15-9-12(17)10-19-14-6-4-3-5-13(14)18-2/h3-6,11-12,15-17H,7-10H2,1-2H3. The number of rotatable bonds is 9. The van der Waals surface area contributed by atoms with Crippen LogP contribution < -0.4 is 14.8 Å². The van der Waals surface area contributed by atoms with E-state index in [0.29, 0.717) is 24.5 Å². The third-order valence-electron chi connectivity index (χ3n) is 2.76. The van der Waals surface area contributed by atoms with Crippen molar-refractivity contribution in [1.29, 1.82) is 0 Å². The van der Waals surface area contributed by atoms with Crippen molar-refractivity contribution in [2.75, 3.05) is 26.9 Å². The Kier molecular flexibility index (Phi) is 7.25.